The molecule has 0 unspecified atom stereocenters. The maximum atomic E-state index is 4.66. The van der Waals surface area contributed by atoms with Crippen molar-refractivity contribution in [2.45, 2.75) is 38.9 Å². The minimum Gasteiger partial charge on any atom is -0.314 e. The van der Waals surface area contributed by atoms with Crippen LogP contribution in [0, 0.1) is 0 Å². The van der Waals surface area contributed by atoms with Gasteiger partial charge in [-0.3, -0.25) is 9.88 Å². The Bertz CT molecular complexity index is 334. The smallest absolute Gasteiger partial charge is 0.0547 e. The van der Waals surface area contributed by atoms with Gasteiger partial charge < -0.3 is 5.32 Å². The van der Waals surface area contributed by atoms with E-state index in [0.29, 0.717) is 0 Å². The summed E-state index contributed by atoms with van der Waals surface area (Å²) in [4.78, 5) is 7.18. The average molecular weight is 219 g/mol. The monoisotopic (exact) mass is 219 g/mol. The van der Waals surface area contributed by atoms with Crippen molar-refractivity contribution in [2.75, 3.05) is 13.6 Å². The number of pyridine rings is 1. The molecule has 1 saturated carbocycles. The molecular weight excluding hydrogens is 198 g/mol. The van der Waals surface area contributed by atoms with Crippen molar-refractivity contribution < 1.29 is 0 Å². The van der Waals surface area contributed by atoms with Crippen molar-refractivity contribution >= 4 is 0 Å². The summed E-state index contributed by atoms with van der Waals surface area (Å²) < 4.78 is 0. The predicted octanol–water partition coefficient (Wildman–Crippen LogP) is 1.79. The lowest BCUT2D eigenvalue weighted by molar-refractivity contribution is 0.266. The molecule has 3 nitrogen and oxygen atoms in total. The van der Waals surface area contributed by atoms with E-state index in [2.05, 4.69) is 40.3 Å². The molecule has 0 aromatic carbocycles. The van der Waals surface area contributed by atoms with Crippen LogP contribution >= 0.6 is 0 Å². The molecule has 16 heavy (non-hydrogen) atoms. The van der Waals surface area contributed by atoms with Gasteiger partial charge in [0, 0.05) is 19.1 Å². The predicted molar refractivity (Wildman–Crippen MR) is 66.1 cm³/mol. The zero-order valence-electron chi connectivity index (χ0n) is 10.2. The lowest BCUT2D eigenvalue weighted by atomic mass is 10.2. The summed E-state index contributed by atoms with van der Waals surface area (Å²) >= 11 is 0. The zero-order valence-corrected chi connectivity index (χ0v) is 10.2. The maximum absolute atomic E-state index is 4.66. The Labute approximate surface area is 97.9 Å². The van der Waals surface area contributed by atoms with Crippen molar-refractivity contribution in [2.24, 2.45) is 0 Å². The highest BCUT2D eigenvalue weighted by Crippen LogP contribution is 2.27. The molecule has 1 aliphatic rings. The van der Waals surface area contributed by atoms with E-state index >= 15 is 0 Å². The highest BCUT2D eigenvalue weighted by molar-refractivity contribution is 5.11. The highest BCUT2D eigenvalue weighted by atomic mass is 15.2. The van der Waals surface area contributed by atoms with Crippen molar-refractivity contribution in [3.8, 4) is 0 Å². The Morgan fingerprint density at radius 2 is 2.12 bits per heavy atom. The quantitative estimate of drug-likeness (QED) is 0.790. The van der Waals surface area contributed by atoms with E-state index in [0.717, 1.165) is 31.4 Å². The van der Waals surface area contributed by atoms with E-state index in [9.17, 15) is 0 Å². The number of nitrogens with zero attached hydrogens (tertiary/aromatic N) is 2. The Morgan fingerprint density at radius 1 is 1.38 bits per heavy atom. The third-order valence-corrected chi connectivity index (χ3v) is 3.06. The fourth-order valence-corrected chi connectivity index (χ4v) is 2.04. The normalized spacial score (nSPS) is 15.7. The van der Waals surface area contributed by atoms with Crippen molar-refractivity contribution in [3.63, 3.8) is 0 Å². The van der Waals surface area contributed by atoms with E-state index in [1.165, 1.54) is 18.5 Å². The average Bonchev–Trinajstić information content (AvgIpc) is 3.11. The fraction of sp³-hybridized carbons (Fsp3) is 0.615. The Morgan fingerprint density at radius 3 is 2.75 bits per heavy atom. The van der Waals surface area contributed by atoms with Gasteiger partial charge in [0.05, 0.1) is 11.4 Å². The van der Waals surface area contributed by atoms with Crippen LogP contribution in [-0.4, -0.2) is 29.5 Å². The summed E-state index contributed by atoms with van der Waals surface area (Å²) in [6.45, 7) is 5.21. The summed E-state index contributed by atoms with van der Waals surface area (Å²) in [6.07, 6.45) is 2.73. The van der Waals surface area contributed by atoms with Crippen LogP contribution in [0.3, 0.4) is 0 Å². The van der Waals surface area contributed by atoms with Gasteiger partial charge in [-0.25, -0.2) is 0 Å². The molecule has 1 aliphatic carbocycles. The minimum absolute atomic E-state index is 0.819. The van der Waals surface area contributed by atoms with E-state index in [4.69, 9.17) is 0 Å². The molecule has 2 rings (SSSR count). The topological polar surface area (TPSA) is 28.2 Å². The standard InChI is InChI=1S/C13H21N3/c1-3-16(13-7-8-13)10-12-6-4-5-11(15-12)9-14-2/h4-6,13-14H,3,7-10H2,1-2H3. The maximum Gasteiger partial charge on any atom is 0.0547 e. The number of hydrogen-bond acceptors (Lipinski definition) is 3. The summed E-state index contributed by atoms with van der Waals surface area (Å²) in [5.74, 6) is 0. The molecule has 1 heterocycles. The van der Waals surface area contributed by atoms with Crippen molar-refractivity contribution in [1.29, 1.82) is 0 Å². The summed E-state index contributed by atoms with van der Waals surface area (Å²) in [5, 5.41) is 3.14. The lowest BCUT2D eigenvalue weighted by Gasteiger charge is -2.19. The van der Waals surface area contributed by atoms with Gasteiger partial charge in [0.25, 0.3) is 0 Å². The van der Waals surface area contributed by atoms with Crippen LogP contribution in [0.25, 0.3) is 0 Å². The Kier molecular flexibility index (Phi) is 3.91. The van der Waals surface area contributed by atoms with Gasteiger partial charge in [-0.1, -0.05) is 13.0 Å². The molecule has 0 atom stereocenters. The number of nitrogens with one attached hydrogen (secondary N) is 1. The van der Waals surface area contributed by atoms with Crippen LogP contribution < -0.4 is 5.32 Å². The molecule has 0 radical (unpaired) electrons. The molecule has 0 bridgehead atoms. The number of aromatic nitrogens is 1. The van der Waals surface area contributed by atoms with E-state index in [-0.39, 0.29) is 0 Å². The first-order valence-corrected chi connectivity index (χ1v) is 6.17. The molecule has 0 aliphatic heterocycles. The van der Waals surface area contributed by atoms with Crippen LogP contribution in [-0.2, 0) is 13.1 Å². The SMILES string of the molecule is CCN(Cc1cccc(CNC)n1)C1CC1. The molecule has 3 heteroatoms. The summed E-state index contributed by atoms with van der Waals surface area (Å²) in [7, 11) is 1.96. The molecule has 1 N–H and O–H groups in total. The van der Waals surface area contributed by atoms with Crippen LogP contribution in [0.1, 0.15) is 31.2 Å². The van der Waals surface area contributed by atoms with Crippen LogP contribution in [0.5, 0.6) is 0 Å². The van der Waals surface area contributed by atoms with Crippen LogP contribution in [0.15, 0.2) is 18.2 Å². The third-order valence-electron chi connectivity index (χ3n) is 3.06. The second-order valence-electron chi connectivity index (χ2n) is 4.44. The van der Waals surface area contributed by atoms with Gasteiger partial charge >= 0.3 is 0 Å². The molecule has 0 spiro atoms. The first kappa shape index (κ1) is 11.6. The molecule has 88 valence electrons. The first-order chi connectivity index (χ1) is 7.83. The second kappa shape index (κ2) is 5.41. The summed E-state index contributed by atoms with van der Waals surface area (Å²) in [6, 6.07) is 7.13. The van der Waals surface area contributed by atoms with Crippen LogP contribution in [0.2, 0.25) is 0 Å². The first-order valence-electron chi connectivity index (χ1n) is 6.17. The zero-order chi connectivity index (χ0) is 11.4. The Balaban J connectivity index is 1.99. The second-order valence-corrected chi connectivity index (χ2v) is 4.44. The van der Waals surface area contributed by atoms with Crippen molar-refractivity contribution in [3.05, 3.63) is 29.6 Å². The lowest BCUT2D eigenvalue weighted by Crippen LogP contribution is -2.25. The molecule has 1 fully saturated rings. The van der Waals surface area contributed by atoms with Gasteiger partial charge in [-0.05, 0) is 38.6 Å². The van der Waals surface area contributed by atoms with Gasteiger partial charge in [-0.15, -0.1) is 0 Å². The molecular formula is C13H21N3. The van der Waals surface area contributed by atoms with Gasteiger partial charge in [0.1, 0.15) is 0 Å². The van der Waals surface area contributed by atoms with E-state index in [1.807, 2.05) is 7.05 Å². The van der Waals surface area contributed by atoms with Gasteiger partial charge in [-0.2, -0.15) is 0 Å². The largest absolute Gasteiger partial charge is 0.314 e. The third kappa shape index (κ3) is 3.03. The van der Waals surface area contributed by atoms with Crippen molar-refractivity contribution in [1.82, 2.24) is 15.2 Å². The van der Waals surface area contributed by atoms with E-state index in [1.54, 1.807) is 0 Å². The van der Waals surface area contributed by atoms with Gasteiger partial charge in [0.2, 0.25) is 0 Å². The molecule has 1 aromatic rings. The number of hydrogen-bond donors (Lipinski definition) is 1. The highest BCUT2D eigenvalue weighted by Gasteiger charge is 2.27. The molecule has 1 aromatic heterocycles. The summed E-state index contributed by atoms with van der Waals surface area (Å²) in [5.41, 5.74) is 2.33. The molecule has 0 saturated heterocycles. The fourth-order valence-electron chi connectivity index (χ4n) is 2.04. The minimum atomic E-state index is 0.819. The molecule has 0 amide bonds. The van der Waals surface area contributed by atoms with E-state index < -0.39 is 0 Å². The van der Waals surface area contributed by atoms with Gasteiger partial charge in [0.15, 0.2) is 0 Å². The number of rotatable bonds is 6. The van der Waals surface area contributed by atoms with Crippen LogP contribution in [0.4, 0.5) is 0 Å². The Hall–Kier alpha value is -0.930.